The van der Waals surface area contributed by atoms with Gasteiger partial charge in [-0.1, -0.05) is 13.3 Å². The van der Waals surface area contributed by atoms with Gasteiger partial charge in [-0.15, -0.1) is 0 Å². The molecule has 1 rings (SSSR count). The third-order valence-corrected chi connectivity index (χ3v) is 3.33. The van der Waals surface area contributed by atoms with Crippen LogP contribution in [0.2, 0.25) is 0 Å². The summed E-state index contributed by atoms with van der Waals surface area (Å²) < 4.78 is 1.50. The van der Waals surface area contributed by atoms with Crippen molar-refractivity contribution in [2.24, 2.45) is 0 Å². The van der Waals surface area contributed by atoms with Crippen molar-refractivity contribution < 1.29 is 10.0 Å². The summed E-state index contributed by atoms with van der Waals surface area (Å²) in [6.45, 7) is 8.15. The predicted molar refractivity (Wildman–Crippen MR) is 76.7 cm³/mol. The van der Waals surface area contributed by atoms with E-state index in [1.807, 2.05) is 0 Å². The van der Waals surface area contributed by atoms with Crippen molar-refractivity contribution in [1.82, 2.24) is 15.1 Å². The maximum atomic E-state index is 10.9. The van der Waals surface area contributed by atoms with Gasteiger partial charge in [-0.3, -0.25) is 14.8 Å². The number of aliphatic hydroxyl groups is 1. The Balaban J connectivity index is 2.60. The first-order chi connectivity index (χ1) is 9.36. The number of hydrogen-bond acceptors (Lipinski definition) is 5. The normalized spacial score (nSPS) is 14.2. The fourth-order valence-corrected chi connectivity index (χ4v) is 2.27. The highest BCUT2D eigenvalue weighted by Crippen LogP contribution is 2.21. The second-order valence-electron chi connectivity index (χ2n) is 5.21. The smallest absolute Gasteiger partial charge is 0.312 e. The maximum Gasteiger partial charge on any atom is 0.312 e. The molecule has 0 aromatic carbocycles. The number of rotatable bonds is 8. The minimum absolute atomic E-state index is 0.0320. The van der Waals surface area contributed by atoms with Gasteiger partial charge in [0.15, 0.2) is 0 Å². The summed E-state index contributed by atoms with van der Waals surface area (Å²) in [5, 5.41) is 28.3. The molecule has 0 amide bonds. The molecule has 7 nitrogen and oxygen atoms in total. The number of nitro groups is 1. The highest BCUT2D eigenvalue weighted by Gasteiger charge is 2.22. The molecular weight excluding hydrogens is 260 g/mol. The lowest BCUT2D eigenvalue weighted by molar-refractivity contribution is -0.386. The SMILES string of the molecule is CCCC(C)NCC(O)Cn1nc(C)c([N+](=O)[O-])c1C. The zero-order valence-corrected chi connectivity index (χ0v) is 12.6. The molecule has 2 N–H and O–H groups in total. The molecule has 2 atom stereocenters. The van der Waals surface area contributed by atoms with Gasteiger partial charge in [0.25, 0.3) is 0 Å². The average molecular weight is 284 g/mol. The fourth-order valence-electron chi connectivity index (χ4n) is 2.27. The predicted octanol–water partition coefficient (Wildman–Crippen LogP) is 1.55. The highest BCUT2D eigenvalue weighted by molar-refractivity contribution is 5.39. The van der Waals surface area contributed by atoms with Crippen LogP contribution < -0.4 is 5.32 Å². The van der Waals surface area contributed by atoms with Gasteiger partial charge >= 0.3 is 5.69 Å². The lowest BCUT2D eigenvalue weighted by Crippen LogP contribution is -2.36. The van der Waals surface area contributed by atoms with Crippen LogP contribution in [0.1, 0.15) is 38.1 Å². The Morgan fingerprint density at radius 3 is 2.65 bits per heavy atom. The Bertz CT molecular complexity index is 459. The molecule has 1 heterocycles. The van der Waals surface area contributed by atoms with Crippen molar-refractivity contribution >= 4 is 5.69 Å². The summed E-state index contributed by atoms with van der Waals surface area (Å²) in [6.07, 6.45) is 1.53. The molecule has 20 heavy (non-hydrogen) atoms. The number of aromatic nitrogens is 2. The van der Waals surface area contributed by atoms with Crippen LogP contribution in [-0.4, -0.2) is 38.5 Å². The number of nitrogens with one attached hydrogen (secondary N) is 1. The van der Waals surface area contributed by atoms with E-state index in [1.54, 1.807) is 13.8 Å². The van der Waals surface area contributed by atoms with Crippen LogP contribution >= 0.6 is 0 Å². The molecule has 0 saturated heterocycles. The summed E-state index contributed by atoms with van der Waals surface area (Å²) in [7, 11) is 0. The minimum atomic E-state index is -0.619. The largest absolute Gasteiger partial charge is 0.390 e. The molecule has 1 aromatic heterocycles. The summed E-state index contributed by atoms with van der Waals surface area (Å²) in [4.78, 5) is 10.5. The lowest BCUT2D eigenvalue weighted by atomic mass is 10.2. The van der Waals surface area contributed by atoms with Crippen LogP contribution in [-0.2, 0) is 6.54 Å². The number of nitrogens with zero attached hydrogens (tertiary/aromatic N) is 3. The topological polar surface area (TPSA) is 93.2 Å². The molecular formula is C13H24N4O3. The van der Waals surface area contributed by atoms with E-state index in [9.17, 15) is 15.2 Å². The van der Waals surface area contributed by atoms with Gasteiger partial charge in [-0.2, -0.15) is 5.10 Å². The third kappa shape index (κ3) is 4.28. The maximum absolute atomic E-state index is 10.9. The molecule has 0 aliphatic heterocycles. The van der Waals surface area contributed by atoms with E-state index in [1.165, 1.54) is 4.68 Å². The standard InChI is InChI=1S/C13H24N4O3/c1-5-6-9(2)14-7-12(18)8-16-11(4)13(17(19)20)10(3)15-16/h9,12,14,18H,5-8H2,1-4H3. The van der Waals surface area contributed by atoms with E-state index < -0.39 is 11.0 Å². The van der Waals surface area contributed by atoms with E-state index in [4.69, 9.17) is 0 Å². The average Bonchev–Trinajstić information content (AvgIpc) is 2.62. The van der Waals surface area contributed by atoms with Gasteiger partial charge in [-0.05, 0) is 27.2 Å². The van der Waals surface area contributed by atoms with E-state index in [0.29, 0.717) is 24.0 Å². The molecule has 0 saturated carbocycles. The molecule has 0 bridgehead atoms. The highest BCUT2D eigenvalue weighted by atomic mass is 16.6. The van der Waals surface area contributed by atoms with Crippen molar-refractivity contribution in [3.63, 3.8) is 0 Å². The first-order valence-electron chi connectivity index (χ1n) is 6.96. The summed E-state index contributed by atoms with van der Waals surface area (Å²) in [5.41, 5.74) is 0.893. The quantitative estimate of drug-likeness (QED) is 0.558. The molecule has 0 aliphatic carbocycles. The van der Waals surface area contributed by atoms with Crippen LogP contribution in [0.25, 0.3) is 0 Å². The summed E-state index contributed by atoms with van der Waals surface area (Å²) in [5.74, 6) is 0. The summed E-state index contributed by atoms with van der Waals surface area (Å²) in [6, 6.07) is 0.351. The van der Waals surface area contributed by atoms with Crippen LogP contribution in [0, 0.1) is 24.0 Å². The summed E-state index contributed by atoms with van der Waals surface area (Å²) >= 11 is 0. The molecule has 0 fully saturated rings. The first kappa shape index (κ1) is 16.6. The zero-order valence-electron chi connectivity index (χ0n) is 12.6. The Kier molecular flexibility index (Phi) is 6.09. The van der Waals surface area contributed by atoms with Gasteiger partial charge in [0.1, 0.15) is 11.4 Å². The van der Waals surface area contributed by atoms with Crippen molar-refractivity contribution in [3.05, 3.63) is 21.5 Å². The van der Waals surface area contributed by atoms with Crippen molar-refractivity contribution in [2.45, 2.75) is 59.2 Å². The van der Waals surface area contributed by atoms with Crippen LogP contribution in [0.15, 0.2) is 0 Å². The minimum Gasteiger partial charge on any atom is -0.390 e. The molecule has 0 radical (unpaired) electrons. The first-order valence-corrected chi connectivity index (χ1v) is 6.96. The zero-order chi connectivity index (χ0) is 15.3. The van der Waals surface area contributed by atoms with E-state index in [2.05, 4.69) is 24.3 Å². The van der Waals surface area contributed by atoms with Gasteiger partial charge in [-0.25, -0.2) is 0 Å². The molecule has 114 valence electrons. The van der Waals surface area contributed by atoms with E-state index in [0.717, 1.165) is 12.8 Å². The van der Waals surface area contributed by atoms with Crippen molar-refractivity contribution in [1.29, 1.82) is 0 Å². The van der Waals surface area contributed by atoms with E-state index in [-0.39, 0.29) is 12.2 Å². The van der Waals surface area contributed by atoms with Gasteiger partial charge in [0.05, 0.1) is 17.6 Å². The Morgan fingerprint density at radius 2 is 2.15 bits per heavy atom. The van der Waals surface area contributed by atoms with Gasteiger partial charge in [0.2, 0.25) is 0 Å². The number of hydrogen-bond donors (Lipinski definition) is 2. The Labute approximate surface area is 119 Å². The molecule has 1 aromatic rings. The number of aliphatic hydroxyl groups excluding tert-OH is 1. The monoisotopic (exact) mass is 284 g/mol. The molecule has 2 unspecified atom stereocenters. The molecule has 0 aliphatic rings. The lowest BCUT2D eigenvalue weighted by Gasteiger charge is -2.17. The van der Waals surface area contributed by atoms with Crippen molar-refractivity contribution in [2.75, 3.05) is 6.54 Å². The van der Waals surface area contributed by atoms with Crippen molar-refractivity contribution in [3.8, 4) is 0 Å². The Morgan fingerprint density at radius 1 is 1.50 bits per heavy atom. The molecule has 7 heteroatoms. The second kappa shape index (κ2) is 7.35. The fraction of sp³-hybridized carbons (Fsp3) is 0.769. The molecule has 0 spiro atoms. The van der Waals surface area contributed by atoms with Crippen LogP contribution in [0.3, 0.4) is 0 Å². The van der Waals surface area contributed by atoms with Gasteiger partial charge < -0.3 is 10.4 Å². The van der Waals surface area contributed by atoms with Crippen LogP contribution in [0.4, 0.5) is 5.69 Å². The second-order valence-corrected chi connectivity index (χ2v) is 5.21. The Hall–Kier alpha value is -1.47. The van der Waals surface area contributed by atoms with Crippen LogP contribution in [0.5, 0.6) is 0 Å². The third-order valence-electron chi connectivity index (χ3n) is 3.33. The number of aryl methyl sites for hydroxylation is 1. The van der Waals surface area contributed by atoms with Gasteiger partial charge in [0, 0.05) is 12.6 Å². The van der Waals surface area contributed by atoms with E-state index >= 15 is 0 Å².